The van der Waals surface area contributed by atoms with Crippen LogP contribution in [-0.2, 0) is 29.1 Å². The van der Waals surface area contributed by atoms with E-state index in [0.717, 1.165) is 16.7 Å². The lowest BCUT2D eigenvalue weighted by atomic mass is 9.85. The van der Waals surface area contributed by atoms with Crippen molar-refractivity contribution < 1.29 is 9.59 Å². The van der Waals surface area contributed by atoms with Gasteiger partial charge in [-0.3, -0.25) is 9.59 Å². The van der Waals surface area contributed by atoms with Gasteiger partial charge in [0.1, 0.15) is 6.04 Å². The van der Waals surface area contributed by atoms with E-state index in [2.05, 4.69) is 5.32 Å². The van der Waals surface area contributed by atoms with E-state index in [-0.39, 0.29) is 17.6 Å². The second-order valence-electron chi connectivity index (χ2n) is 7.87. The first-order valence-electron chi connectivity index (χ1n) is 10.4. The second kappa shape index (κ2) is 10.4. The Kier molecular flexibility index (Phi) is 7.66. The van der Waals surface area contributed by atoms with Crippen LogP contribution in [0.25, 0.3) is 0 Å². The van der Waals surface area contributed by atoms with Crippen molar-refractivity contribution >= 4 is 19.7 Å². The first kappa shape index (κ1) is 22.1. The van der Waals surface area contributed by atoms with E-state index in [4.69, 9.17) is 19.3 Å². The predicted octanol–water partition coefficient (Wildman–Crippen LogP) is 1.28. The first-order valence-corrected chi connectivity index (χ1v) is 10.4. The second-order valence-corrected chi connectivity index (χ2v) is 7.87. The highest BCUT2D eigenvalue weighted by Crippen LogP contribution is 2.26. The van der Waals surface area contributed by atoms with Gasteiger partial charge in [-0.1, -0.05) is 60.4 Å². The van der Waals surface area contributed by atoms with Gasteiger partial charge < -0.3 is 21.7 Å². The molecule has 1 aliphatic heterocycles. The van der Waals surface area contributed by atoms with Gasteiger partial charge in [0.15, 0.2) is 0 Å². The van der Waals surface area contributed by atoms with Crippen molar-refractivity contribution in [1.29, 1.82) is 0 Å². The molecule has 0 spiro atoms. The summed E-state index contributed by atoms with van der Waals surface area (Å²) in [5, 5.41) is 2.92. The predicted molar refractivity (Wildman–Crippen MR) is 119 cm³/mol. The number of benzene rings is 2. The van der Waals surface area contributed by atoms with Crippen LogP contribution in [0.1, 0.15) is 29.5 Å². The van der Waals surface area contributed by atoms with Gasteiger partial charge in [0.2, 0.25) is 11.8 Å². The molecule has 1 unspecified atom stereocenters. The smallest absolute Gasteiger partial charge is 0.243 e. The Morgan fingerprint density at radius 1 is 1.07 bits per heavy atom. The van der Waals surface area contributed by atoms with Crippen molar-refractivity contribution in [2.75, 3.05) is 6.54 Å². The Balaban J connectivity index is 1.56. The molecule has 7 heteroatoms. The van der Waals surface area contributed by atoms with Crippen LogP contribution >= 0.6 is 0 Å². The Morgan fingerprint density at radius 2 is 1.73 bits per heavy atom. The average Bonchev–Trinajstić information content (AvgIpc) is 3.18. The number of likely N-dealkylation sites (tertiary alicyclic amines) is 1. The van der Waals surface area contributed by atoms with Crippen molar-refractivity contribution in [2.45, 2.75) is 50.3 Å². The van der Waals surface area contributed by atoms with E-state index in [1.54, 1.807) is 4.90 Å². The Labute approximate surface area is 179 Å². The molecule has 5 N–H and O–H groups in total. The van der Waals surface area contributed by atoms with Crippen LogP contribution in [0.2, 0.25) is 5.82 Å². The Bertz CT molecular complexity index is 844. The van der Waals surface area contributed by atoms with E-state index in [9.17, 15) is 9.59 Å². The molecule has 1 aliphatic rings. The Hall–Kier alpha value is -2.64. The molecule has 1 saturated heterocycles. The van der Waals surface area contributed by atoms with Gasteiger partial charge in [-0.05, 0) is 36.0 Å². The van der Waals surface area contributed by atoms with Crippen molar-refractivity contribution in [3.63, 3.8) is 0 Å². The minimum absolute atomic E-state index is 0.200. The summed E-state index contributed by atoms with van der Waals surface area (Å²) in [4.78, 5) is 27.3. The first-order chi connectivity index (χ1) is 14.5. The third-order valence-electron chi connectivity index (χ3n) is 5.55. The van der Waals surface area contributed by atoms with Crippen LogP contribution in [0, 0.1) is 0 Å². The van der Waals surface area contributed by atoms with Crippen LogP contribution in [0.3, 0.4) is 0 Å². The van der Waals surface area contributed by atoms with E-state index < -0.39 is 12.1 Å². The fraction of sp³-hybridized carbons (Fsp3) is 0.391. The Morgan fingerprint density at radius 3 is 2.40 bits per heavy atom. The van der Waals surface area contributed by atoms with E-state index in [1.165, 1.54) is 0 Å². The van der Waals surface area contributed by atoms with Crippen molar-refractivity contribution in [1.82, 2.24) is 10.2 Å². The molecule has 6 nitrogen and oxygen atoms in total. The molecule has 156 valence electrons. The molecule has 3 atom stereocenters. The molecule has 0 aliphatic carbocycles. The van der Waals surface area contributed by atoms with Gasteiger partial charge in [-0.25, -0.2) is 0 Å². The zero-order valence-electron chi connectivity index (χ0n) is 17.2. The topological polar surface area (TPSA) is 101 Å². The summed E-state index contributed by atoms with van der Waals surface area (Å²) in [6.07, 6.45) is 1.68. The molecule has 2 aromatic carbocycles. The minimum atomic E-state index is -0.658. The number of hydrogen-bond donors (Lipinski definition) is 3. The maximum absolute atomic E-state index is 12.9. The number of nitrogens with two attached hydrogens (primary N) is 2. The molecule has 30 heavy (non-hydrogen) atoms. The minimum Gasteiger partial charge on any atom is -0.350 e. The number of rotatable bonds is 8. The fourth-order valence-corrected chi connectivity index (χ4v) is 3.76. The lowest BCUT2D eigenvalue weighted by molar-refractivity contribution is -0.139. The monoisotopic (exact) mass is 404 g/mol. The number of aryl methyl sites for hydroxylation is 1. The summed E-state index contributed by atoms with van der Waals surface area (Å²) in [5.74, 6) is -0.643. The van der Waals surface area contributed by atoms with Crippen molar-refractivity contribution in [2.24, 2.45) is 11.5 Å². The molecule has 2 aromatic rings. The number of hydrogen-bond acceptors (Lipinski definition) is 4. The van der Waals surface area contributed by atoms with E-state index >= 15 is 0 Å². The number of carbonyl (C=O) groups excluding carboxylic acids is 2. The molecule has 3 rings (SSSR count). The molecule has 2 radical (unpaired) electrons. The van der Waals surface area contributed by atoms with Gasteiger partial charge in [0, 0.05) is 19.6 Å². The molecule has 1 fully saturated rings. The number of nitrogens with zero attached hydrogens (tertiary/aromatic N) is 1. The lowest BCUT2D eigenvalue weighted by Gasteiger charge is -2.27. The normalized spacial score (nSPS) is 19.5. The molecular weight excluding hydrogens is 375 g/mol. The lowest BCUT2D eigenvalue weighted by Crippen LogP contribution is -2.51. The summed E-state index contributed by atoms with van der Waals surface area (Å²) in [6.45, 7) is 1.22. The zero-order chi connectivity index (χ0) is 21.5. The van der Waals surface area contributed by atoms with Gasteiger partial charge in [-0.15, -0.1) is 0 Å². The standard InChI is InChI=1S/C23H29BN4O2/c24-19-12-21(22(29)27-14-18-8-6-17(13-25)7-9-18)28(15-19)23(30)20(26)11-10-16-4-2-1-3-5-16/h1-9,19-21H,10-15,25-26H2,(H,27,29)/t19?,20-,21+/m1/s1. The third-order valence-corrected chi connectivity index (χ3v) is 5.55. The highest BCUT2D eigenvalue weighted by molar-refractivity contribution is 6.13. The molecule has 0 bridgehead atoms. The summed E-state index contributed by atoms with van der Waals surface area (Å²) in [5.41, 5.74) is 14.9. The summed E-state index contributed by atoms with van der Waals surface area (Å²) in [7, 11) is 6.07. The molecule has 0 aromatic heterocycles. The van der Waals surface area contributed by atoms with Gasteiger partial charge in [0.05, 0.1) is 13.9 Å². The average molecular weight is 404 g/mol. The molecule has 2 amide bonds. The van der Waals surface area contributed by atoms with Crippen LogP contribution in [0.5, 0.6) is 0 Å². The summed E-state index contributed by atoms with van der Waals surface area (Å²) < 4.78 is 0. The number of nitrogens with one attached hydrogen (secondary N) is 1. The van der Waals surface area contributed by atoms with Crippen molar-refractivity contribution in [3.05, 3.63) is 71.3 Å². The maximum Gasteiger partial charge on any atom is 0.243 e. The van der Waals surface area contributed by atoms with Crippen LogP contribution < -0.4 is 16.8 Å². The van der Waals surface area contributed by atoms with Crippen LogP contribution in [-0.4, -0.2) is 43.2 Å². The SMILES string of the molecule is [B]C1C[C@@H](C(=O)NCc2ccc(CN)cc2)N(C(=O)[C@H](N)CCc2ccccc2)C1. The van der Waals surface area contributed by atoms with Gasteiger partial charge in [0.25, 0.3) is 0 Å². The molecule has 0 saturated carbocycles. The third kappa shape index (κ3) is 5.71. The largest absolute Gasteiger partial charge is 0.350 e. The van der Waals surface area contributed by atoms with Crippen LogP contribution in [0.4, 0.5) is 0 Å². The van der Waals surface area contributed by atoms with Crippen molar-refractivity contribution in [3.8, 4) is 0 Å². The van der Waals surface area contributed by atoms with Gasteiger partial charge >= 0.3 is 0 Å². The zero-order valence-corrected chi connectivity index (χ0v) is 17.2. The highest BCUT2D eigenvalue weighted by atomic mass is 16.2. The molecule has 1 heterocycles. The fourth-order valence-electron chi connectivity index (χ4n) is 3.76. The number of amides is 2. The van der Waals surface area contributed by atoms with Gasteiger partial charge in [-0.2, -0.15) is 0 Å². The number of carbonyl (C=O) groups is 2. The molecular formula is C23H29BN4O2. The highest BCUT2D eigenvalue weighted by Gasteiger charge is 2.38. The quantitative estimate of drug-likeness (QED) is 0.577. The summed E-state index contributed by atoms with van der Waals surface area (Å²) >= 11 is 0. The van der Waals surface area contributed by atoms with E-state index in [0.29, 0.717) is 38.9 Å². The van der Waals surface area contributed by atoms with Crippen LogP contribution in [0.15, 0.2) is 54.6 Å². The maximum atomic E-state index is 12.9. The van der Waals surface area contributed by atoms with E-state index in [1.807, 2.05) is 54.6 Å². The summed E-state index contributed by atoms with van der Waals surface area (Å²) in [6, 6.07) is 16.4.